The number of hydrogen-bond donors (Lipinski definition) is 9. The minimum Gasteiger partial charge on any atom is -0.481 e. The van der Waals surface area contributed by atoms with E-state index in [1.807, 2.05) is 5.32 Å². The molecule has 0 aromatic heterocycles. The van der Waals surface area contributed by atoms with Gasteiger partial charge in [-0.2, -0.15) is 0 Å². The van der Waals surface area contributed by atoms with Crippen LogP contribution in [0.1, 0.15) is 51.4 Å². The molecule has 0 bridgehead atoms. The lowest BCUT2D eigenvalue weighted by molar-refractivity contribution is -0.147. The van der Waals surface area contributed by atoms with Crippen LogP contribution in [0, 0.1) is 0 Å². The molecule has 16 nitrogen and oxygen atoms in total. The van der Waals surface area contributed by atoms with Crippen LogP contribution in [0.3, 0.4) is 0 Å². The lowest BCUT2D eigenvalue weighted by atomic mass is 10.0. The molecule has 4 unspecified atom stereocenters. The van der Waals surface area contributed by atoms with E-state index in [4.69, 9.17) is 33.1 Å². The van der Waals surface area contributed by atoms with E-state index in [-0.39, 0.29) is 32.1 Å². The van der Waals surface area contributed by atoms with Gasteiger partial charge in [-0.1, -0.05) is 0 Å². The lowest BCUT2D eigenvalue weighted by Crippen LogP contribution is -2.57. The van der Waals surface area contributed by atoms with Gasteiger partial charge in [-0.05, 0) is 38.6 Å². The highest BCUT2D eigenvalue weighted by molar-refractivity contribution is 5.95. The van der Waals surface area contributed by atoms with Crippen LogP contribution in [0.25, 0.3) is 0 Å². The molecule has 0 fully saturated rings. The van der Waals surface area contributed by atoms with E-state index in [1.54, 1.807) is 0 Å². The van der Waals surface area contributed by atoms with Crippen LogP contribution in [0.5, 0.6) is 0 Å². The van der Waals surface area contributed by atoms with Crippen molar-refractivity contribution in [2.45, 2.75) is 75.5 Å². The molecule has 13 N–H and O–H groups in total. The van der Waals surface area contributed by atoms with E-state index in [2.05, 4.69) is 10.6 Å². The quantitative estimate of drug-likeness (QED) is 0.0743. The molecule has 0 saturated carbocycles. The zero-order chi connectivity index (χ0) is 27.8. The lowest BCUT2D eigenvalue weighted by Gasteiger charge is -2.25. The number of unbranched alkanes of at least 4 members (excludes halogenated alkanes) is 1. The number of carbonyl (C=O) groups excluding carboxylic acids is 5. The third kappa shape index (κ3) is 13.8. The van der Waals surface area contributed by atoms with E-state index in [9.17, 15) is 33.6 Å². The summed E-state index contributed by atoms with van der Waals surface area (Å²) in [5.74, 6) is -7.26. The Bertz CT molecular complexity index is 821. The number of hydrogen-bond acceptors (Lipinski definition) is 9. The summed E-state index contributed by atoms with van der Waals surface area (Å²) in [7, 11) is 0. The zero-order valence-corrected chi connectivity index (χ0v) is 19.7. The Kier molecular flexibility index (Phi) is 15.0. The van der Waals surface area contributed by atoms with Crippen molar-refractivity contribution in [1.82, 2.24) is 16.0 Å². The van der Waals surface area contributed by atoms with Crippen molar-refractivity contribution >= 4 is 41.5 Å². The number of amides is 5. The van der Waals surface area contributed by atoms with Crippen LogP contribution >= 0.6 is 0 Å². The second-order valence-corrected chi connectivity index (χ2v) is 8.02. The van der Waals surface area contributed by atoms with Gasteiger partial charge in [0, 0.05) is 12.8 Å². The monoisotopic (exact) mass is 517 g/mol. The van der Waals surface area contributed by atoms with E-state index in [0.29, 0.717) is 19.4 Å². The van der Waals surface area contributed by atoms with Crippen molar-refractivity contribution in [1.29, 1.82) is 0 Å². The van der Waals surface area contributed by atoms with Gasteiger partial charge >= 0.3 is 11.9 Å². The molecule has 4 atom stereocenters. The van der Waals surface area contributed by atoms with E-state index >= 15 is 0 Å². The average Bonchev–Trinajstić information content (AvgIpc) is 2.78. The Morgan fingerprint density at radius 2 is 1.14 bits per heavy atom. The van der Waals surface area contributed by atoms with Crippen molar-refractivity contribution < 1.29 is 43.8 Å². The van der Waals surface area contributed by atoms with E-state index < -0.39 is 72.1 Å². The largest absolute Gasteiger partial charge is 0.481 e. The number of nitrogens with one attached hydrogen (secondary N) is 3. The Labute approximate surface area is 206 Å². The highest BCUT2D eigenvalue weighted by Crippen LogP contribution is 2.06. The first-order chi connectivity index (χ1) is 16.8. The van der Waals surface area contributed by atoms with Gasteiger partial charge in [0.25, 0.3) is 0 Å². The molecule has 204 valence electrons. The van der Waals surface area contributed by atoms with Crippen molar-refractivity contribution in [2.24, 2.45) is 22.9 Å². The summed E-state index contributed by atoms with van der Waals surface area (Å²) in [6, 6.07) is -5.62. The fraction of sp³-hybridized carbons (Fsp3) is 0.650. The highest BCUT2D eigenvalue weighted by Gasteiger charge is 2.31. The van der Waals surface area contributed by atoms with Crippen molar-refractivity contribution in [3.8, 4) is 0 Å². The predicted molar refractivity (Wildman–Crippen MR) is 123 cm³/mol. The number of carboxylic acids is 2. The van der Waals surface area contributed by atoms with Gasteiger partial charge in [-0.15, -0.1) is 0 Å². The SMILES string of the molecule is NCCCCC(NC(=O)C(N)CCC(N)=O)C(=O)NC(CCC(N)=O)C(=O)NC(CC(=O)O)C(=O)O. The Balaban J connectivity index is 5.58. The normalized spacial score (nSPS) is 13.9. The van der Waals surface area contributed by atoms with Crippen molar-refractivity contribution in [3.63, 3.8) is 0 Å². The fourth-order valence-corrected chi connectivity index (χ4v) is 2.94. The van der Waals surface area contributed by atoms with Crippen LogP contribution < -0.4 is 38.9 Å². The molecule has 0 aliphatic rings. The van der Waals surface area contributed by atoms with Gasteiger partial charge < -0.3 is 49.1 Å². The molecule has 0 aromatic carbocycles. The third-order valence-electron chi connectivity index (χ3n) is 4.92. The molecule has 16 heteroatoms. The number of carbonyl (C=O) groups is 7. The minimum absolute atomic E-state index is 0.0674. The van der Waals surface area contributed by atoms with Crippen LogP contribution in [0.15, 0.2) is 0 Å². The van der Waals surface area contributed by atoms with Gasteiger partial charge in [0.2, 0.25) is 29.5 Å². The average molecular weight is 518 g/mol. The molecule has 0 saturated heterocycles. The van der Waals surface area contributed by atoms with Crippen LogP contribution in [0.4, 0.5) is 0 Å². The van der Waals surface area contributed by atoms with Gasteiger partial charge in [-0.25, -0.2) is 4.79 Å². The summed E-state index contributed by atoms with van der Waals surface area (Å²) in [5.41, 5.74) is 21.3. The first-order valence-electron chi connectivity index (χ1n) is 11.2. The molecule has 0 aliphatic heterocycles. The van der Waals surface area contributed by atoms with Gasteiger partial charge in [0.05, 0.1) is 12.5 Å². The molecule has 36 heavy (non-hydrogen) atoms. The predicted octanol–water partition coefficient (Wildman–Crippen LogP) is -4.01. The number of carboxylic acid groups (broad SMARTS) is 2. The highest BCUT2D eigenvalue weighted by atomic mass is 16.4. The Hall–Kier alpha value is -3.79. The van der Waals surface area contributed by atoms with E-state index in [0.717, 1.165) is 0 Å². The van der Waals surface area contributed by atoms with E-state index in [1.165, 1.54) is 0 Å². The summed E-state index contributed by atoms with van der Waals surface area (Å²) in [6.45, 7) is 0.310. The maximum atomic E-state index is 12.9. The molecular weight excluding hydrogens is 482 g/mol. The van der Waals surface area contributed by atoms with Gasteiger partial charge in [0.15, 0.2) is 0 Å². The second-order valence-electron chi connectivity index (χ2n) is 8.02. The Morgan fingerprint density at radius 1 is 0.667 bits per heavy atom. The third-order valence-corrected chi connectivity index (χ3v) is 4.92. The first-order valence-corrected chi connectivity index (χ1v) is 11.2. The summed E-state index contributed by atoms with van der Waals surface area (Å²) in [6.07, 6.45) is -0.837. The standard InChI is InChI=1S/C20H35N7O9/c21-8-2-1-3-11(25-17(32)10(22)4-6-14(23)28)18(33)26-12(5-7-15(24)29)19(34)27-13(20(35)36)9-16(30)31/h10-13H,1-9,21-22H2,(H2,23,28)(H2,24,29)(H,25,32)(H,26,33)(H,27,34)(H,30,31)(H,35,36). The van der Waals surface area contributed by atoms with Crippen LogP contribution in [0.2, 0.25) is 0 Å². The molecular formula is C20H35N7O9. The van der Waals surface area contributed by atoms with Gasteiger partial charge in [-0.3, -0.25) is 28.8 Å². The number of rotatable bonds is 19. The summed E-state index contributed by atoms with van der Waals surface area (Å²) < 4.78 is 0. The van der Waals surface area contributed by atoms with Crippen LogP contribution in [-0.2, 0) is 33.6 Å². The molecule has 0 aromatic rings. The zero-order valence-electron chi connectivity index (χ0n) is 19.7. The number of aliphatic carboxylic acids is 2. The Morgan fingerprint density at radius 3 is 1.61 bits per heavy atom. The number of primary amides is 2. The summed E-state index contributed by atoms with van der Waals surface area (Å²) in [5, 5.41) is 24.8. The molecule has 5 amide bonds. The maximum Gasteiger partial charge on any atom is 0.326 e. The molecule has 0 heterocycles. The van der Waals surface area contributed by atoms with Crippen molar-refractivity contribution in [3.05, 3.63) is 0 Å². The molecule has 0 rings (SSSR count). The second kappa shape index (κ2) is 16.8. The fourth-order valence-electron chi connectivity index (χ4n) is 2.94. The number of nitrogens with two attached hydrogens (primary N) is 4. The maximum absolute atomic E-state index is 12.9. The minimum atomic E-state index is -1.80. The van der Waals surface area contributed by atoms with Gasteiger partial charge in [0.1, 0.15) is 18.1 Å². The van der Waals surface area contributed by atoms with Crippen LogP contribution in [-0.4, -0.2) is 82.4 Å². The molecule has 0 spiro atoms. The summed E-state index contributed by atoms with van der Waals surface area (Å²) >= 11 is 0. The molecule has 0 radical (unpaired) electrons. The topological polar surface area (TPSA) is 300 Å². The van der Waals surface area contributed by atoms with Crippen molar-refractivity contribution in [2.75, 3.05) is 6.54 Å². The summed E-state index contributed by atoms with van der Waals surface area (Å²) in [4.78, 5) is 82.3. The first kappa shape index (κ1) is 32.2. The molecule has 0 aliphatic carbocycles. The smallest absolute Gasteiger partial charge is 0.326 e.